The van der Waals surface area contributed by atoms with Gasteiger partial charge in [-0.2, -0.15) is 0 Å². The highest BCUT2D eigenvalue weighted by atomic mass is 32.2. The van der Waals surface area contributed by atoms with Crippen LogP contribution in [0.5, 0.6) is 0 Å². The minimum atomic E-state index is -0.0521. The van der Waals surface area contributed by atoms with Crippen LogP contribution in [-0.2, 0) is 0 Å². The molecule has 0 radical (unpaired) electrons. The third-order valence-corrected chi connectivity index (χ3v) is 4.06. The Hall–Kier alpha value is -1.74. The number of aryl methyl sites for hydroxylation is 2. The molecule has 2 nitrogen and oxygen atoms in total. The van der Waals surface area contributed by atoms with E-state index in [9.17, 15) is 4.79 Å². The minimum Gasteiger partial charge on any atom is -0.322 e. The predicted octanol–water partition coefficient (Wildman–Crippen LogP) is 5.06. The number of thioether (sulfide) groups is 1. The summed E-state index contributed by atoms with van der Waals surface area (Å²) in [5.74, 6) is -0.0521. The Bertz CT molecular complexity index is 629. The van der Waals surface area contributed by atoms with Crippen LogP contribution in [0.25, 0.3) is 0 Å². The van der Waals surface area contributed by atoms with Crippen molar-refractivity contribution in [2.45, 2.75) is 37.8 Å². The van der Waals surface area contributed by atoms with Crippen molar-refractivity contribution in [3.63, 3.8) is 0 Å². The van der Waals surface area contributed by atoms with E-state index in [-0.39, 0.29) is 5.91 Å². The molecule has 0 aliphatic rings. The molecule has 1 amide bonds. The van der Waals surface area contributed by atoms with Crippen LogP contribution in [0.4, 0.5) is 5.69 Å². The number of hydrogen-bond acceptors (Lipinski definition) is 2. The largest absolute Gasteiger partial charge is 0.322 e. The van der Waals surface area contributed by atoms with Crippen LogP contribution in [0.2, 0.25) is 0 Å². The lowest BCUT2D eigenvalue weighted by molar-refractivity contribution is 0.102. The van der Waals surface area contributed by atoms with Gasteiger partial charge in [-0.1, -0.05) is 32.0 Å². The molecule has 0 unspecified atom stereocenters. The summed E-state index contributed by atoms with van der Waals surface area (Å²) in [6.07, 6.45) is 0. The molecule has 3 heteroatoms. The maximum Gasteiger partial charge on any atom is 0.256 e. The molecule has 110 valence electrons. The van der Waals surface area contributed by atoms with Crippen LogP contribution < -0.4 is 5.32 Å². The summed E-state index contributed by atoms with van der Waals surface area (Å²) in [6.45, 7) is 8.32. The number of nitrogens with one attached hydrogen (secondary N) is 1. The standard InChI is InChI=1S/C18H21NOS/c1-12(2)21-17-8-6-5-7-16(17)18(20)19-15-10-13(3)9-14(4)11-15/h5-12H,1-4H3,(H,19,20). The molecule has 0 spiro atoms. The molecule has 0 fully saturated rings. The summed E-state index contributed by atoms with van der Waals surface area (Å²) in [6, 6.07) is 13.8. The third-order valence-electron chi connectivity index (χ3n) is 2.97. The number of rotatable bonds is 4. The van der Waals surface area contributed by atoms with Gasteiger partial charge < -0.3 is 5.32 Å². The van der Waals surface area contributed by atoms with E-state index in [0.717, 1.165) is 27.3 Å². The lowest BCUT2D eigenvalue weighted by atomic mass is 10.1. The molecule has 0 aliphatic carbocycles. The van der Waals surface area contributed by atoms with Gasteiger partial charge in [-0.3, -0.25) is 4.79 Å². The van der Waals surface area contributed by atoms with E-state index in [2.05, 4.69) is 25.2 Å². The molecule has 2 aromatic carbocycles. The molecule has 0 heterocycles. The summed E-state index contributed by atoms with van der Waals surface area (Å²) in [5.41, 5.74) is 3.88. The van der Waals surface area contributed by atoms with Gasteiger partial charge in [0.1, 0.15) is 0 Å². The minimum absolute atomic E-state index is 0.0521. The smallest absolute Gasteiger partial charge is 0.256 e. The van der Waals surface area contributed by atoms with E-state index in [1.807, 2.05) is 50.2 Å². The second-order valence-electron chi connectivity index (χ2n) is 5.49. The average molecular weight is 299 g/mol. The van der Waals surface area contributed by atoms with Gasteiger partial charge in [-0.05, 0) is 49.2 Å². The number of carbonyl (C=O) groups excluding carboxylic acids is 1. The van der Waals surface area contributed by atoms with Gasteiger partial charge in [-0.25, -0.2) is 0 Å². The number of carbonyl (C=O) groups is 1. The van der Waals surface area contributed by atoms with Crippen LogP contribution in [0, 0.1) is 13.8 Å². The first-order valence-corrected chi connectivity index (χ1v) is 7.99. The van der Waals surface area contributed by atoms with Gasteiger partial charge in [0.25, 0.3) is 5.91 Å². The number of amides is 1. The maximum absolute atomic E-state index is 12.5. The first-order valence-electron chi connectivity index (χ1n) is 7.11. The van der Waals surface area contributed by atoms with Gasteiger partial charge in [0.15, 0.2) is 0 Å². The van der Waals surface area contributed by atoms with Gasteiger partial charge >= 0.3 is 0 Å². The Labute approximate surface area is 131 Å². The average Bonchev–Trinajstić information content (AvgIpc) is 2.37. The molecule has 0 aliphatic heterocycles. The first-order chi connectivity index (χ1) is 9.95. The summed E-state index contributed by atoms with van der Waals surface area (Å²) in [5, 5.41) is 3.45. The molecule has 1 N–H and O–H groups in total. The highest BCUT2D eigenvalue weighted by Gasteiger charge is 2.12. The van der Waals surface area contributed by atoms with E-state index < -0.39 is 0 Å². The molecule has 0 saturated carbocycles. The SMILES string of the molecule is Cc1cc(C)cc(NC(=O)c2ccccc2SC(C)C)c1. The molecule has 2 rings (SSSR count). The lowest BCUT2D eigenvalue weighted by Crippen LogP contribution is -2.13. The number of anilines is 1. The van der Waals surface area contributed by atoms with Gasteiger partial charge in [0, 0.05) is 15.8 Å². The van der Waals surface area contributed by atoms with Crippen molar-refractivity contribution in [2.24, 2.45) is 0 Å². The number of hydrogen-bond donors (Lipinski definition) is 1. The quantitative estimate of drug-likeness (QED) is 0.800. The van der Waals surface area contributed by atoms with Crippen molar-refractivity contribution in [2.75, 3.05) is 5.32 Å². The molecule has 0 saturated heterocycles. The van der Waals surface area contributed by atoms with E-state index in [1.165, 1.54) is 0 Å². The van der Waals surface area contributed by atoms with Crippen LogP contribution in [0.1, 0.15) is 35.3 Å². The van der Waals surface area contributed by atoms with Crippen molar-refractivity contribution < 1.29 is 4.79 Å². The molecule has 21 heavy (non-hydrogen) atoms. The zero-order valence-electron chi connectivity index (χ0n) is 12.9. The van der Waals surface area contributed by atoms with E-state index >= 15 is 0 Å². The van der Waals surface area contributed by atoms with Crippen molar-refractivity contribution in [3.05, 3.63) is 59.2 Å². The zero-order chi connectivity index (χ0) is 15.4. The van der Waals surface area contributed by atoms with Gasteiger partial charge in [0.2, 0.25) is 0 Å². The molecule has 2 aromatic rings. The summed E-state index contributed by atoms with van der Waals surface area (Å²) < 4.78 is 0. The summed E-state index contributed by atoms with van der Waals surface area (Å²) in [7, 11) is 0. The van der Waals surface area contributed by atoms with Gasteiger partial charge in [0.05, 0.1) is 5.56 Å². The fraction of sp³-hybridized carbons (Fsp3) is 0.278. The van der Waals surface area contributed by atoms with Crippen LogP contribution in [0.15, 0.2) is 47.4 Å². The Balaban J connectivity index is 2.24. The molecule has 0 bridgehead atoms. The Morgan fingerprint density at radius 1 is 1.05 bits per heavy atom. The normalized spacial score (nSPS) is 10.7. The maximum atomic E-state index is 12.5. The van der Waals surface area contributed by atoms with E-state index in [1.54, 1.807) is 11.8 Å². The summed E-state index contributed by atoms with van der Waals surface area (Å²) >= 11 is 1.71. The highest BCUT2D eigenvalue weighted by molar-refractivity contribution is 8.00. The second kappa shape index (κ2) is 6.81. The van der Waals surface area contributed by atoms with Crippen LogP contribution in [-0.4, -0.2) is 11.2 Å². The van der Waals surface area contributed by atoms with Crippen molar-refractivity contribution in [1.29, 1.82) is 0 Å². The third kappa shape index (κ3) is 4.36. The van der Waals surface area contributed by atoms with Crippen molar-refractivity contribution in [3.8, 4) is 0 Å². The Morgan fingerprint density at radius 2 is 1.67 bits per heavy atom. The molecular formula is C18H21NOS. The van der Waals surface area contributed by atoms with Crippen molar-refractivity contribution in [1.82, 2.24) is 0 Å². The topological polar surface area (TPSA) is 29.1 Å². The van der Waals surface area contributed by atoms with Gasteiger partial charge in [-0.15, -0.1) is 11.8 Å². The molecule has 0 atom stereocenters. The second-order valence-corrected chi connectivity index (χ2v) is 7.11. The Kier molecular flexibility index (Phi) is 5.07. The van der Waals surface area contributed by atoms with Crippen molar-refractivity contribution >= 4 is 23.4 Å². The van der Waals surface area contributed by atoms with E-state index in [0.29, 0.717) is 5.25 Å². The Morgan fingerprint density at radius 3 is 2.29 bits per heavy atom. The lowest BCUT2D eigenvalue weighted by Gasteiger charge is -2.12. The monoisotopic (exact) mass is 299 g/mol. The molecular weight excluding hydrogens is 278 g/mol. The predicted molar refractivity (Wildman–Crippen MR) is 91.3 cm³/mol. The van der Waals surface area contributed by atoms with E-state index in [4.69, 9.17) is 0 Å². The zero-order valence-corrected chi connectivity index (χ0v) is 13.8. The number of benzene rings is 2. The van der Waals surface area contributed by atoms with Crippen LogP contribution >= 0.6 is 11.8 Å². The summed E-state index contributed by atoms with van der Waals surface area (Å²) in [4.78, 5) is 13.5. The van der Waals surface area contributed by atoms with Crippen LogP contribution in [0.3, 0.4) is 0 Å². The first kappa shape index (κ1) is 15.6. The highest BCUT2D eigenvalue weighted by Crippen LogP contribution is 2.27. The molecule has 0 aromatic heterocycles. The fourth-order valence-corrected chi connectivity index (χ4v) is 3.21. The fourth-order valence-electron chi connectivity index (χ4n) is 2.26.